The Labute approximate surface area is 162 Å². The van der Waals surface area contributed by atoms with Crippen molar-refractivity contribution < 1.29 is 35.8 Å². The monoisotopic (exact) mass is 412 g/mol. The lowest BCUT2D eigenvalue weighted by molar-refractivity contribution is -0.288. The predicted molar refractivity (Wildman–Crippen MR) is 94.8 cm³/mol. The fourth-order valence-electron chi connectivity index (χ4n) is 3.69. The van der Waals surface area contributed by atoms with Crippen LogP contribution in [0.2, 0.25) is 0 Å². The van der Waals surface area contributed by atoms with Crippen LogP contribution < -0.4 is 9.47 Å². The van der Waals surface area contributed by atoms with Crippen molar-refractivity contribution in [2.45, 2.75) is 17.8 Å². The number of hydrogen-bond acceptors (Lipinski definition) is 2. The van der Waals surface area contributed by atoms with E-state index in [0.29, 0.717) is 0 Å². The summed E-state index contributed by atoms with van der Waals surface area (Å²) in [6, 6.07) is 5.70. The quantitative estimate of drug-likeness (QED) is 0.571. The Kier molecular flexibility index (Phi) is 4.40. The summed E-state index contributed by atoms with van der Waals surface area (Å²) in [5.74, 6) is 0.465. The van der Waals surface area contributed by atoms with Gasteiger partial charge >= 0.3 is 12.4 Å². The van der Waals surface area contributed by atoms with Crippen LogP contribution >= 0.6 is 0 Å². The molecule has 152 valence electrons. The first-order valence-electron chi connectivity index (χ1n) is 8.66. The van der Waals surface area contributed by atoms with E-state index < -0.39 is 28.9 Å². The minimum Gasteiger partial charge on any atom is -0.489 e. The molecule has 0 saturated heterocycles. The Morgan fingerprint density at radius 2 is 1.03 bits per heavy atom. The fraction of sp³-hybridized carbons (Fsp3) is 0.238. The number of hydrogen-bond donors (Lipinski definition) is 0. The third-order valence-corrected chi connectivity index (χ3v) is 5.00. The van der Waals surface area contributed by atoms with E-state index in [0.717, 1.165) is 36.4 Å². The maximum atomic E-state index is 14.3. The molecule has 2 heterocycles. The summed E-state index contributed by atoms with van der Waals surface area (Å²) in [6.07, 6.45) is -5.35. The summed E-state index contributed by atoms with van der Waals surface area (Å²) < 4.78 is 96.3. The first kappa shape index (κ1) is 19.4. The largest absolute Gasteiger partial charge is 0.489 e. The number of benzene rings is 2. The zero-order valence-corrected chi connectivity index (χ0v) is 14.8. The van der Waals surface area contributed by atoms with E-state index in [9.17, 15) is 26.3 Å². The lowest BCUT2D eigenvalue weighted by atomic mass is 9.72. The van der Waals surface area contributed by atoms with Gasteiger partial charge in [0.1, 0.15) is 24.7 Å². The molecule has 0 atom stereocenters. The van der Waals surface area contributed by atoms with Gasteiger partial charge in [-0.05, 0) is 47.5 Å². The number of fused-ring (bicyclic) bond motifs is 2. The average molecular weight is 412 g/mol. The highest BCUT2D eigenvalue weighted by atomic mass is 19.4. The molecule has 8 heteroatoms. The lowest BCUT2D eigenvalue weighted by Gasteiger charge is -2.39. The van der Waals surface area contributed by atoms with Crippen LogP contribution in [0.25, 0.3) is 12.2 Å². The van der Waals surface area contributed by atoms with Gasteiger partial charge in [0.05, 0.1) is 0 Å². The number of halogens is 6. The summed E-state index contributed by atoms with van der Waals surface area (Å²) in [4.78, 5) is 0. The van der Waals surface area contributed by atoms with Crippen LogP contribution in [0, 0.1) is 0 Å². The molecule has 0 aliphatic carbocycles. The van der Waals surface area contributed by atoms with E-state index in [-0.39, 0.29) is 35.8 Å². The smallest absolute Gasteiger partial charge is 0.411 e. The summed E-state index contributed by atoms with van der Waals surface area (Å²) in [5.41, 5.74) is -5.74. The molecule has 0 spiro atoms. The molecule has 2 aliphatic rings. The van der Waals surface area contributed by atoms with Crippen molar-refractivity contribution in [1.29, 1.82) is 0 Å². The van der Waals surface area contributed by atoms with Crippen molar-refractivity contribution in [3.05, 3.63) is 70.8 Å². The van der Waals surface area contributed by atoms with E-state index in [1.54, 1.807) is 0 Å². The molecular formula is C21H14F6O2. The van der Waals surface area contributed by atoms with Gasteiger partial charge in [0.15, 0.2) is 0 Å². The van der Waals surface area contributed by atoms with Crippen molar-refractivity contribution in [3.63, 3.8) is 0 Å². The Bertz CT molecular complexity index is 920. The molecule has 2 aromatic carbocycles. The second kappa shape index (κ2) is 6.57. The van der Waals surface area contributed by atoms with Crippen molar-refractivity contribution in [1.82, 2.24) is 0 Å². The zero-order chi connectivity index (χ0) is 20.9. The Morgan fingerprint density at radius 3 is 1.41 bits per heavy atom. The molecule has 2 nitrogen and oxygen atoms in total. The van der Waals surface area contributed by atoms with Gasteiger partial charge in [-0.15, -0.1) is 0 Å². The highest BCUT2D eigenvalue weighted by Crippen LogP contribution is 2.57. The van der Waals surface area contributed by atoms with E-state index in [4.69, 9.17) is 9.47 Å². The number of rotatable bonds is 2. The molecule has 2 aliphatic heterocycles. The Morgan fingerprint density at radius 1 is 0.621 bits per heavy atom. The van der Waals surface area contributed by atoms with E-state index in [2.05, 4.69) is 0 Å². The van der Waals surface area contributed by atoms with E-state index >= 15 is 0 Å². The molecule has 0 radical (unpaired) electrons. The summed E-state index contributed by atoms with van der Waals surface area (Å²) >= 11 is 0. The highest BCUT2D eigenvalue weighted by Gasteiger charge is 2.72. The molecule has 0 fully saturated rings. The number of alkyl halides is 6. The third kappa shape index (κ3) is 2.97. The van der Waals surface area contributed by atoms with Gasteiger partial charge < -0.3 is 9.47 Å². The average Bonchev–Trinajstić information content (AvgIpc) is 2.66. The second-order valence-electron chi connectivity index (χ2n) is 6.68. The molecule has 4 rings (SSSR count). The van der Waals surface area contributed by atoms with Crippen molar-refractivity contribution >= 4 is 12.2 Å². The van der Waals surface area contributed by atoms with Gasteiger partial charge in [-0.2, -0.15) is 26.3 Å². The van der Waals surface area contributed by atoms with Gasteiger partial charge in [0.25, 0.3) is 0 Å². The van der Waals surface area contributed by atoms with Crippen LogP contribution in [0.5, 0.6) is 11.5 Å². The molecule has 0 aromatic heterocycles. The van der Waals surface area contributed by atoms with Crippen molar-refractivity contribution in [2.24, 2.45) is 0 Å². The maximum Gasteiger partial charge on any atom is 0.411 e. The van der Waals surface area contributed by atoms with E-state index in [1.165, 1.54) is 24.3 Å². The maximum absolute atomic E-state index is 14.3. The molecule has 0 saturated carbocycles. The van der Waals surface area contributed by atoms with Gasteiger partial charge in [0.2, 0.25) is 5.41 Å². The molecule has 0 amide bonds. The normalized spacial score (nSPS) is 15.9. The lowest BCUT2D eigenvalue weighted by Crippen LogP contribution is -2.54. The van der Waals surface area contributed by atoms with Crippen molar-refractivity contribution in [3.8, 4) is 11.5 Å². The highest BCUT2D eigenvalue weighted by molar-refractivity contribution is 5.65. The van der Waals surface area contributed by atoms with Gasteiger partial charge in [0, 0.05) is 11.1 Å². The van der Waals surface area contributed by atoms with Gasteiger partial charge in [-0.3, -0.25) is 0 Å². The summed E-state index contributed by atoms with van der Waals surface area (Å²) in [7, 11) is 0. The number of ether oxygens (including phenoxy) is 2. The SMILES string of the molecule is FC(F)(F)C(c1ccc2c(c1)C=CCO2)(c1ccc2c(c1)C=CCO2)C(F)(F)F. The second-order valence-corrected chi connectivity index (χ2v) is 6.68. The summed E-state index contributed by atoms with van der Waals surface area (Å²) in [5, 5.41) is 0. The molecule has 0 N–H and O–H groups in total. The molecule has 0 unspecified atom stereocenters. The summed E-state index contributed by atoms with van der Waals surface area (Å²) in [6.45, 7) is 0.403. The molecule has 29 heavy (non-hydrogen) atoms. The van der Waals surface area contributed by atoms with Crippen molar-refractivity contribution in [2.75, 3.05) is 13.2 Å². The first-order valence-corrected chi connectivity index (χ1v) is 8.66. The van der Waals surface area contributed by atoms with Crippen LogP contribution in [-0.4, -0.2) is 25.6 Å². The van der Waals surface area contributed by atoms with Crippen LogP contribution in [0.1, 0.15) is 22.3 Å². The standard InChI is InChI=1S/C21H14F6O2/c22-20(23,24)19(21(25,26)27,15-5-7-17-13(11-15)3-1-9-28-17)16-6-8-18-14(12-16)4-2-10-29-18/h1-8,11-12H,9-10H2. The van der Waals surface area contributed by atoms with Crippen LogP contribution in [0.3, 0.4) is 0 Å². The Balaban J connectivity index is 2.01. The van der Waals surface area contributed by atoms with Gasteiger partial charge in [-0.1, -0.05) is 24.3 Å². The Hall–Kier alpha value is -2.90. The molecule has 0 bridgehead atoms. The van der Waals surface area contributed by atoms with E-state index in [1.807, 2.05) is 0 Å². The minimum absolute atomic E-state index is 0.160. The fourth-order valence-corrected chi connectivity index (χ4v) is 3.69. The predicted octanol–water partition coefficient (Wildman–Crippen LogP) is 5.91. The molecular weight excluding hydrogens is 398 g/mol. The zero-order valence-electron chi connectivity index (χ0n) is 14.8. The van der Waals surface area contributed by atoms with Crippen LogP contribution in [0.4, 0.5) is 26.3 Å². The molecule has 2 aromatic rings. The van der Waals surface area contributed by atoms with Gasteiger partial charge in [-0.25, -0.2) is 0 Å². The topological polar surface area (TPSA) is 18.5 Å². The van der Waals surface area contributed by atoms with Crippen LogP contribution in [0.15, 0.2) is 48.6 Å². The van der Waals surface area contributed by atoms with Crippen LogP contribution in [-0.2, 0) is 5.41 Å². The first-order chi connectivity index (χ1) is 13.6. The minimum atomic E-state index is -5.65. The third-order valence-electron chi connectivity index (χ3n) is 5.00.